The Bertz CT molecular complexity index is 943. The van der Waals surface area contributed by atoms with E-state index in [0.29, 0.717) is 5.56 Å². The summed E-state index contributed by atoms with van der Waals surface area (Å²) >= 11 is 0. The molecule has 0 fully saturated rings. The number of hydrogen-bond acceptors (Lipinski definition) is 5. The molecule has 6 nitrogen and oxygen atoms in total. The summed E-state index contributed by atoms with van der Waals surface area (Å²) in [5.74, 6) is -2.16. The molecule has 27 heavy (non-hydrogen) atoms. The third-order valence-electron chi connectivity index (χ3n) is 4.95. The summed E-state index contributed by atoms with van der Waals surface area (Å²) in [5, 5.41) is 0. The lowest BCUT2D eigenvalue weighted by atomic mass is 10.0. The first-order chi connectivity index (χ1) is 13.0. The topological polar surface area (TPSA) is 80.8 Å². The van der Waals surface area contributed by atoms with Crippen LogP contribution in [-0.4, -0.2) is 41.6 Å². The van der Waals surface area contributed by atoms with Crippen molar-refractivity contribution in [2.75, 3.05) is 13.2 Å². The zero-order valence-electron chi connectivity index (χ0n) is 14.6. The van der Waals surface area contributed by atoms with Crippen molar-refractivity contribution in [1.82, 2.24) is 4.90 Å². The highest BCUT2D eigenvalue weighted by Crippen LogP contribution is 2.23. The number of carbonyl (C=O) groups is 4. The van der Waals surface area contributed by atoms with Crippen molar-refractivity contribution in [3.8, 4) is 0 Å². The maximum absolute atomic E-state index is 12.3. The fourth-order valence-corrected chi connectivity index (χ4v) is 3.53. The molecule has 0 spiro atoms. The average Bonchev–Trinajstić information content (AvgIpc) is 3.25. The molecule has 2 aliphatic rings. The summed E-state index contributed by atoms with van der Waals surface area (Å²) in [5.41, 5.74) is 3.46. The molecule has 0 unspecified atom stereocenters. The number of esters is 1. The molecule has 4 rings (SSSR count). The molecular weight excluding hydrogens is 346 g/mol. The van der Waals surface area contributed by atoms with Crippen LogP contribution in [0.2, 0.25) is 0 Å². The minimum Gasteiger partial charge on any atom is -0.456 e. The van der Waals surface area contributed by atoms with Crippen molar-refractivity contribution in [3.05, 3.63) is 70.3 Å². The second kappa shape index (κ2) is 6.79. The highest BCUT2D eigenvalue weighted by Gasteiger charge is 2.36. The molecule has 2 aromatic rings. The predicted molar refractivity (Wildman–Crippen MR) is 95.6 cm³/mol. The zero-order chi connectivity index (χ0) is 19.0. The Hall–Kier alpha value is -3.28. The lowest BCUT2D eigenvalue weighted by Crippen LogP contribution is -2.36. The van der Waals surface area contributed by atoms with Crippen molar-refractivity contribution in [2.24, 2.45) is 0 Å². The van der Waals surface area contributed by atoms with Crippen LogP contribution in [0.4, 0.5) is 0 Å². The Morgan fingerprint density at radius 3 is 2.30 bits per heavy atom. The van der Waals surface area contributed by atoms with Gasteiger partial charge in [0.15, 0.2) is 12.4 Å². The zero-order valence-corrected chi connectivity index (χ0v) is 14.6. The molecule has 0 saturated heterocycles. The number of ketones is 1. The Balaban J connectivity index is 1.36. The summed E-state index contributed by atoms with van der Waals surface area (Å²) in [6.07, 6.45) is 3.07. The van der Waals surface area contributed by atoms with Crippen LogP contribution in [0.3, 0.4) is 0 Å². The van der Waals surface area contributed by atoms with Gasteiger partial charge in [-0.05, 0) is 48.6 Å². The predicted octanol–water partition coefficient (Wildman–Crippen LogP) is 2.20. The number of rotatable bonds is 5. The smallest absolute Gasteiger partial charge is 0.326 e. The van der Waals surface area contributed by atoms with E-state index in [4.69, 9.17) is 4.74 Å². The maximum Gasteiger partial charge on any atom is 0.326 e. The molecule has 0 atom stereocenters. The van der Waals surface area contributed by atoms with E-state index in [1.807, 2.05) is 12.1 Å². The van der Waals surface area contributed by atoms with Crippen LogP contribution >= 0.6 is 0 Å². The third-order valence-corrected chi connectivity index (χ3v) is 4.95. The molecule has 2 amide bonds. The SMILES string of the molecule is O=C(CN1C(=O)c2ccccc2C1=O)OCC(=O)c1ccc2c(c1)CCC2. The summed E-state index contributed by atoms with van der Waals surface area (Å²) in [6, 6.07) is 11.9. The number of benzene rings is 2. The number of ether oxygens (including phenoxy) is 1. The Labute approximate surface area is 155 Å². The number of nitrogens with zero attached hydrogens (tertiary/aromatic N) is 1. The molecule has 1 aliphatic carbocycles. The van der Waals surface area contributed by atoms with Crippen molar-refractivity contribution < 1.29 is 23.9 Å². The van der Waals surface area contributed by atoms with Gasteiger partial charge in [0, 0.05) is 5.56 Å². The van der Waals surface area contributed by atoms with Crippen LogP contribution in [0.5, 0.6) is 0 Å². The van der Waals surface area contributed by atoms with Gasteiger partial charge in [-0.25, -0.2) is 0 Å². The summed E-state index contributed by atoms with van der Waals surface area (Å²) < 4.78 is 5.00. The van der Waals surface area contributed by atoms with Gasteiger partial charge in [-0.2, -0.15) is 0 Å². The maximum atomic E-state index is 12.3. The van der Waals surface area contributed by atoms with Gasteiger partial charge in [0.05, 0.1) is 11.1 Å². The molecule has 1 heterocycles. The van der Waals surface area contributed by atoms with Gasteiger partial charge in [0.1, 0.15) is 6.54 Å². The van der Waals surface area contributed by atoms with Crippen molar-refractivity contribution in [1.29, 1.82) is 0 Å². The van der Waals surface area contributed by atoms with Gasteiger partial charge in [-0.3, -0.25) is 24.1 Å². The lowest BCUT2D eigenvalue weighted by Gasteiger charge is -2.13. The van der Waals surface area contributed by atoms with E-state index < -0.39 is 30.9 Å². The summed E-state index contributed by atoms with van der Waals surface area (Å²) in [6.45, 7) is -0.926. The van der Waals surface area contributed by atoms with E-state index in [9.17, 15) is 19.2 Å². The van der Waals surface area contributed by atoms with Crippen LogP contribution in [0, 0.1) is 0 Å². The minimum absolute atomic E-state index is 0.268. The van der Waals surface area contributed by atoms with Crippen LogP contribution in [0.1, 0.15) is 48.6 Å². The molecule has 2 aromatic carbocycles. The molecule has 0 N–H and O–H groups in total. The summed E-state index contributed by atoms with van der Waals surface area (Å²) in [4.78, 5) is 49.6. The van der Waals surface area contributed by atoms with E-state index >= 15 is 0 Å². The number of fused-ring (bicyclic) bond motifs is 2. The van der Waals surface area contributed by atoms with Crippen molar-refractivity contribution in [2.45, 2.75) is 19.3 Å². The molecule has 0 aromatic heterocycles. The fourth-order valence-electron chi connectivity index (χ4n) is 3.53. The monoisotopic (exact) mass is 363 g/mol. The first-order valence-corrected chi connectivity index (χ1v) is 8.80. The van der Waals surface area contributed by atoms with E-state index in [1.165, 1.54) is 23.3 Å². The van der Waals surface area contributed by atoms with E-state index in [2.05, 4.69) is 0 Å². The number of Topliss-reactive ketones (excluding diaryl/α,β-unsaturated/α-hetero) is 1. The van der Waals surface area contributed by atoms with E-state index in [-0.39, 0.29) is 16.9 Å². The normalized spacial score (nSPS) is 14.9. The Morgan fingerprint density at radius 2 is 1.59 bits per heavy atom. The van der Waals surface area contributed by atoms with Crippen LogP contribution in [0.15, 0.2) is 42.5 Å². The average molecular weight is 363 g/mol. The lowest BCUT2D eigenvalue weighted by molar-refractivity contribution is -0.142. The second-order valence-corrected chi connectivity index (χ2v) is 6.66. The molecule has 6 heteroatoms. The number of imide groups is 1. The molecule has 0 radical (unpaired) electrons. The molecular formula is C21H17NO5. The molecule has 0 saturated carbocycles. The fraction of sp³-hybridized carbons (Fsp3) is 0.238. The highest BCUT2D eigenvalue weighted by atomic mass is 16.5. The van der Waals surface area contributed by atoms with Gasteiger partial charge < -0.3 is 4.74 Å². The van der Waals surface area contributed by atoms with Gasteiger partial charge in [-0.15, -0.1) is 0 Å². The quantitative estimate of drug-likeness (QED) is 0.462. The Kier molecular flexibility index (Phi) is 4.32. The molecule has 1 aliphatic heterocycles. The summed E-state index contributed by atoms with van der Waals surface area (Å²) in [7, 11) is 0. The number of aryl methyl sites for hydroxylation is 2. The van der Waals surface area contributed by atoms with E-state index in [0.717, 1.165) is 24.2 Å². The third kappa shape index (κ3) is 3.14. The van der Waals surface area contributed by atoms with Crippen LogP contribution in [0.25, 0.3) is 0 Å². The number of hydrogen-bond donors (Lipinski definition) is 0. The van der Waals surface area contributed by atoms with Gasteiger partial charge in [0.25, 0.3) is 11.8 Å². The van der Waals surface area contributed by atoms with Crippen LogP contribution < -0.4 is 0 Å². The number of carbonyl (C=O) groups excluding carboxylic acids is 4. The van der Waals surface area contributed by atoms with Gasteiger partial charge >= 0.3 is 5.97 Å². The van der Waals surface area contributed by atoms with Crippen LogP contribution in [-0.2, 0) is 22.4 Å². The first kappa shape index (κ1) is 17.1. The minimum atomic E-state index is -0.793. The largest absolute Gasteiger partial charge is 0.456 e. The van der Waals surface area contributed by atoms with Gasteiger partial charge in [-0.1, -0.05) is 24.3 Å². The van der Waals surface area contributed by atoms with E-state index in [1.54, 1.807) is 18.2 Å². The van der Waals surface area contributed by atoms with Crippen molar-refractivity contribution >= 4 is 23.6 Å². The number of amides is 2. The second-order valence-electron chi connectivity index (χ2n) is 6.66. The first-order valence-electron chi connectivity index (χ1n) is 8.80. The standard InChI is InChI=1S/C21H17NO5/c23-18(15-9-8-13-4-3-5-14(13)10-15)12-27-19(24)11-22-20(25)16-6-1-2-7-17(16)21(22)26/h1-2,6-10H,3-5,11-12H2. The Morgan fingerprint density at radius 1 is 0.926 bits per heavy atom. The van der Waals surface area contributed by atoms with Gasteiger partial charge in [0.2, 0.25) is 0 Å². The molecule has 136 valence electrons. The molecule has 0 bridgehead atoms. The van der Waals surface area contributed by atoms with Crippen molar-refractivity contribution in [3.63, 3.8) is 0 Å². The highest BCUT2D eigenvalue weighted by molar-refractivity contribution is 6.22.